The highest BCUT2D eigenvalue weighted by molar-refractivity contribution is 5.34. The second kappa shape index (κ2) is 5.26. The Balaban J connectivity index is 2.13. The van der Waals surface area contributed by atoms with Crippen molar-refractivity contribution in [1.82, 2.24) is 9.97 Å². The second-order valence-corrected chi connectivity index (χ2v) is 4.60. The van der Waals surface area contributed by atoms with E-state index in [4.69, 9.17) is 5.73 Å². The largest absolute Gasteiger partial charge is 0.341 e. The number of nitro groups is 1. The Labute approximate surface area is 105 Å². The summed E-state index contributed by atoms with van der Waals surface area (Å²) >= 11 is 0. The maximum atomic E-state index is 10.5. The van der Waals surface area contributed by atoms with E-state index in [1.54, 1.807) is 0 Å². The summed E-state index contributed by atoms with van der Waals surface area (Å²) in [7, 11) is 1.92. The van der Waals surface area contributed by atoms with Crippen LogP contribution in [-0.2, 0) is 0 Å². The molecule has 0 aliphatic heterocycles. The fourth-order valence-electron chi connectivity index (χ4n) is 2.54. The maximum absolute atomic E-state index is 10.5. The van der Waals surface area contributed by atoms with E-state index in [0.717, 1.165) is 19.3 Å². The van der Waals surface area contributed by atoms with Gasteiger partial charge in [-0.2, -0.15) is 0 Å². The van der Waals surface area contributed by atoms with E-state index in [0.29, 0.717) is 24.5 Å². The first-order valence-electron chi connectivity index (χ1n) is 6.03. The van der Waals surface area contributed by atoms with E-state index in [1.165, 1.54) is 12.4 Å². The summed E-state index contributed by atoms with van der Waals surface area (Å²) in [5.74, 6) is 0.972. The van der Waals surface area contributed by atoms with Crippen LogP contribution in [0.15, 0.2) is 12.4 Å². The zero-order valence-electron chi connectivity index (χ0n) is 10.3. The molecule has 0 spiro atoms. The van der Waals surface area contributed by atoms with Crippen LogP contribution < -0.4 is 10.6 Å². The Kier molecular flexibility index (Phi) is 3.71. The molecule has 0 radical (unpaired) electrons. The summed E-state index contributed by atoms with van der Waals surface area (Å²) in [4.78, 5) is 20.1. The number of hydrogen-bond acceptors (Lipinski definition) is 6. The lowest BCUT2D eigenvalue weighted by atomic mass is 10.0. The average Bonchev–Trinajstić information content (AvgIpc) is 2.86. The zero-order chi connectivity index (χ0) is 13.1. The predicted molar refractivity (Wildman–Crippen MR) is 67.3 cm³/mol. The van der Waals surface area contributed by atoms with Crippen LogP contribution in [0, 0.1) is 16.0 Å². The number of rotatable bonds is 4. The summed E-state index contributed by atoms with van der Waals surface area (Å²) in [6, 6.07) is 0.330. The number of nitrogens with zero attached hydrogens (tertiary/aromatic N) is 4. The predicted octanol–water partition coefficient (Wildman–Crippen LogP) is 0.948. The normalized spacial score (nSPS) is 23.0. The molecule has 7 nitrogen and oxygen atoms in total. The monoisotopic (exact) mass is 251 g/mol. The summed E-state index contributed by atoms with van der Waals surface area (Å²) in [5, 5.41) is 10.5. The first kappa shape index (κ1) is 12.7. The fourth-order valence-corrected chi connectivity index (χ4v) is 2.54. The van der Waals surface area contributed by atoms with Gasteiger partial charge < -0.3 is 10.6 Å². The van der Waals surface area contributed by atoms with E-state index in [-0.39, 0.29) is 5.69 Å². The Bertz CT molecular complexity index is 422. The van der Waals surface area contributed by atoms with Gasteiger partial charge in [0, 0.05) is 13.1 Å². The van der Waals surface area contributed by atoms with Crippen molar-refractivity contribution in [3.63, 3.8) is 0 Å². The van der Waals surface area contributed by atoms with E-state index in [1.807, 2.05) is 11.9 Å². The summed E-state index contributed by atoms with van der Waals surface area (Å²) in [5.41, 5.74) is 5.66. The van der Waals surface area contributed by atoms with Crippen LogP contribution in [0.25, 0.3) is 0 Å². The molecule has 98 valence electrons. The number of anilines is 1. The lowest BCUT2D eigenvalue weighted by molar-refractivity contribution is -0.385. The minimum atomic E-state index is -0.498. The fraction of sp³-hybridized carbons (Fsp3) is 0.636. The van der Waals surface area contributed by atoms with Crippen molar-refractivity contribution in [2.75, 3.05) is 18.5 Å². The van der Waals surface area contributed by atoms with Crippen LogP contribution in [0.4, 0.5) is 11.6 Å². The van der Waals surface area contributed by atoms with Crippen LogP contribution in [0.3, 0.4) is 0 Å². The Morgan fingerprint density at radius 3 is 2.72 bits per heavy atom. The van der Waals surface area contributed by atoms with Gasteiger partial charge in [0.05, 0.1) is 4.92 Å². The Morgan fingerprint density at radius 2 is 2.17 bits per heavy atom. The molecule has 1 aromatic heterocycles. The van der Waals surface area contributed by atoms with Gasteiger partial charge in [-0.3, -0.25) is 10.1 Å². The van der Waals surface area contributed by atoms with Gasteiger partial charge in [-0.05, 0) is 25.3 Å². The second-order valence-electron chi connectivity index (χ2n) is 4.60. The summed E-state index contributed by atoms with van der Waals surface area (Å²) < 4.78 is 0. The number of hydrogen-bond donors (Lipinski definition) is 1. The molecule has 1 aromatic rings. The molecule has 0 amide bonds. The number of nitrogens with two attached hydrogens (primary N) is 1. The smallest absolute Gasteiger partial charge is 0.305 e. The van der Waals surface area contributed by atoms with Crippen molar-refractivity contribution in [2.45, 2.75) is 25.3 Å². The van der Waals surface area contributed by atoms with Crippen molar-refractivity contribution in [3.8, 4) is 0 Å². The molecular formula is C11H17N5O2. The molecule has 0 bridgehead atoms. The Morgan fingerprint density at radius 1 is 1.50 bits per heavy atom. The highest BCUT2D eigenvalue weighted by Gasteiger charge is 2.30. The van der Waals surface area contributed by atoms with Crippen molar-refractivity contribution in [2.24, 2.45) is 11.7 Å². The molecule has 18 heavy (non-hydrogen) atoms. The molecule has 0 saturated heterocycles. The molecule has 2 unspecified atom stereocenters. The van der Waals surface area contributed by atoms with Crippen molar-refractivity contribution in [3.05, 3.63) is 22.5 Å². The standard InChI is InChI=1S/C11H17N5O2/c1-15(10-4-2-3-8(10)5-12)11-13-6-9(7-14-11)16(17)18/h6-8,10H,2-5,12H2,1H3. The van der Waals surface area contributed by atoms with Gasteiger partial charge in [0.1, 0.15) is 12.4 Å². The molecule has 7 heteroatoms. The Hall–Kier alpha value is -1.76. The van der Waals surface area contributed by atoms with Crippen molar-refractivity contribution < 1.29 is 4.92 Å². The van der Waals surface area contributed by atoms with Gasteiger partial charge in [0.15, 0.2) is 0 Å². The third-order valence-corrected chi connectivity index (χ3v) is 3.57. The third-order valence-electron chi connectivity index (χ3n) is 3.57. The maximum Gasteiger partial charge on any atom is 0.305 e. The van der Waals surface area contributed by atoms with Gasteiger partial charge in [-0.25, -0.2) is 9.97 Å². The minimum absolute atomic E-state index is 0.0889. The van der Waals surface area contributed by atoms with E-state index >= 15 is 0 Å². The zero-order valence-corrected chi connectivity index (χ0v) is 10.3. The van der Waals surface area contributed by atoms with Crippen molar-refractivity contribution >= 4 is 11.6 Å². The highest BCUT2D eigenvalue weighted by Crippen LogP contribution is 2.30. The topological polar surface area (TPSA) is 98.2 Å². The minimum Gasteiger partial charge on any atom is -0.341 e. The van der Waals surface area contributed by atoms with E-state index < -0.39 is 4.92 Å². The molecule has 1 heterocycles. The molecule has 1 saturated carbocycles. The molecule has 1 aliphatic carbocycles. The number of aromatic nitrogens is 2. The first-order chi connectivity index (χ1) is 8.63. The van der Waals surface area contributed by atoms with Crippen molar-refractivity contribution in [1.29, 1.82) is 0 Å². The third kappa shape index (κ3) is 2.40. The lowest BCUT2D eigenvalue weighted by Gasteiger charge is -2.28. The molecule has 2 atom stereocenters. The van der Waals surface area contributed by atoms with E-state index in [9.17, 15) is 10.1 Å². The van der Waals surface area contributed by atoms with Gasteiger partial charge in [-0.1, -0.05) is 6.42 Å². The lowest BCUT2D eigenvalue weighted by Crippen LogP contribution is -2.38. The average molecular weight is 251 g/mol. The van der Waals surface area contributed by atoms with Crippen LogP contribution in [0.5, 0.6) is 0 Å². The van der Waals surface area contributed by atoms with E-state index in [2.05, 4.69) is 9.97 Å². The summed E-state index contributed by atoms with van der Waals surface area (Å²) in [6.07, 6.45) is 5.83. The molecule has 2 rings (SSSR count). The molecule has 1 fully saturated rings. The first-order valence-corrected chi connectivity index (χ1v) is 6.03. The van der Waals surface area contributed by atoms with Crippen LogP contribution in [0.2, 0.25) is 0 Å². The molecule has 0 aromatic carbocycles. The molecule has 1 aliphatic rings. The SMILES string of the molecule is CN(c1ncc([N+](=O)[O-])cn1)C1CCCC1CN. The van der Waals surface area contributed by atoms with Crippen LogP contribution >= 0.6 is 0 Å². The highest BCUT2D eigenvalue weighted by atomic mass is 16.6. The van der Waals surface area contributed by atoms with Gasteiger partial charge in [0.2, 0.25) is 5.95 Å². The van der Waals surface area contributed by atoms with Gasteiger partial charge in [-0.15, -0.1) is 0 Å². The van der Waals surface area contributed by atoms with Crippen LogP contribution in [0.1, 0.15) is 19.3 Å². The van der Waals surface area contributed by atoms with Gasteiger partial charge in [0.25, 0.3) is 0 Å². The quantitative estimate of drug-likeness (QED) is 0.632. The van der Waals surface area contributed by atoms with Gasteiger partial charge >= 0.3 is 5.69 Å². The summed E-state index contributed by atoms with van der Waals surface area (Å²) in [6.45, 7) is 0.655. The molecule has 2 N–H and O–H groups in total. The van der Waals surface area contributed by atoms with Crippen LogP contribution in [-0.4, -0.2) is 34.5 Å². The molecular weight excluding hydrogens is 234 g/mol.